The van der Waals surface area contributed by atoms with Gasteiger partial charge in [-0.3, -0.25) is 0 Å². The minimum Gasteiger partial charge on any atom is -0.419 e. The van der Waals surface area contributed by atoms with Crippen LogP contribution >= 0.6 is 23.2 Å². The Morgan fingerprint density at radius 1 is 1.04 bits per heavy atom. The minimum absolute atomic E-state index is 0.00702. The molecule has 0 saturated heterocycles. The molecule has 140 valence electrons. The van der Waals surface area contributed by atoms with Crippen LogP contribution in [0.2, 0.25) is 10.0 Å². The highest BCUT2D eigenvalue weighted by Gasteiger charge is 2.39. The smallest absolute Gasteiger partial charge is 0.249 e. The number of sulfonamides is 1. The highest BCUT2D eigenvalue weighted by atomic mass is 35.5. The molecule has 0 unspecified atom stereocenters. The molecule has 2 aromatic carbocycles. The van der Waals surface area contributed by atoms with Gasteiger partial charge in [0.2, 0.25) is 21.8 Å². The van der Waals surface area contributed by atoms with Crippen molar-refractivity contribution in [3.8, 4) is 11.5 Å². The zero-order valence-electron chi connectivity index (χ0n) is 14.0. The van der Waals surface area contributed by atoms with Gasteiger partial charge in [0, 0.05) is 11.1 Å². The van der Waals surface area contributed by atoms with E-state index < -0.39 is 10.0 Å². The van der Waals surface area contributed by atoms with Crippen molar-refractivity contribution in [3.05, 3.63) is 64.5 Å². The number of hydrogen-bond acceptors (Lipinski definition) is 5. The molecule has 9 heteroatoms. The summed E-state index contributed by atoms with van der Waals surface area (Å²) in [6.07, 6.45) is 1.61. The Bertz CT molecular complexity index is 1060. The molecule has 4 rings (SSSR count). The molecule has 3 aromatic rings. The van der Waals surface area contributed by atoms with E-state index in [9.17, 15) is 8.42 Å². The van der Waals surface area contributed by atoms with E-state index in [2.05, 4.69) is 10.2 Å². The molecule has 0 N–H and O–H groups in total. The molecule has 0 spiro atoms. The van der Waals surface area contributed by atoms with Crippen LogP contribution in [0.4, 0.5) is 0 Å². The van der Waals surface area contributed by atoms with Crippen LogP contribution in [0.15, 0.2) is 57.8 Å². The average molecular weight is 424 g/mol. The van der Waals surface area contributed by atoms with Gasteiger partial charge in [-0.15, -0.1) is 10.2 Å². The van der Waals surface area contributed by atoms with Gasteiger partial charge in [0.25, 0.3) is 0 Å². The summed E-state index contributed by atoms with van der Waals surface area (Å²) in [5.41, 5.74) is 0.608. The summed E-state index contributed by atoms with van der Waals surface area (Å²) >= 11 is 12.0. The summed E-state index contributed by atoms with van der Waals surface area (Å²) in [4.78, 5) is 0.185. The summed E-state index contributed by atoms with van der Waals surface area (Å²) in [5.74, 6) is 0.476. The van der Waals surface area contributed by atoms with Crippen LogP contribution in [0.25, 0.3) is 11.5 Å². The summed E-state index contributed by atoms with van der Waals surface area (Å²) in [5, 5.41) is 8.98. The second-order valence-corrected chi connectivity index (χ2v) is 8.95. The van der Waals surface area contributed by atoms with Crippen molar-refractivity contribution in [2.24, 2.45) is 0 Å². The third-order valence-corrected chi connectivity index (χ3v) is 6.73. The third-order valence-electron chi connectivity index (χ3n) is 4.24. The van der Waals surface area contributed by atoms with Gasteiger partial charge in [0.1, 0.15) is 0 Å². The van der Waals surface area contributed by atoms with Crippen molar-refractivity contribution in [1.29, 1.82) is 0 Å². The maximum absolute atomic E-state index is 13.0. The number of aromatic nitrogens is 2. The minimum atomic E-state index is -3.70. The van der Waals surface area contributed by atoms with Gasteiger partial charge >= 0.3 is 0 Å². The molecule has 0 amide bonds. The van der Waals surface area contributed by atoms with E-state index in [0.29, 0.717) is 15.6 Å². The maximum Gasteiger partial charge on any atom is 0.249 e. The van der Waals surface area contributed by atoms with Gasteiger partial charge in [0.05, 0.1) is 22.0 Å². The van der Waals surface area contributed by atoms with Gasteiger partial charge in [-0.1, -0.05) is 35.3 Å². The highest BCUT2D eigenvalue weighted by Crippen LogP contribution is 2.34. The zero-order valence-corrected chi connectivity index (χ0v) is 16.4. The molecule has 0 radical (unpaired) electrons. The number of benzene rings is 2. The first-order valence-electron chi connectivity index (χ1n) is 8.30. The summed E-state index contributed by atoms with van der Waals surface area (Å²) in [7, 11) is -3.70. The second kappa shape index (κ2) is 7.24. The van der Waals surface area contributed by atoms with E-state index in [1.165, 1.54) is 16.4 Å². The van der Waals surface area contributed by atoms with Gasteiger partial charge in [-0.05, 0) is 49.2 Å². The van der Waals surface area contributed by atoms with Crippen molar-refractivity contribution >= 4 is 33.2 Å². The predicted molar refractivity (Wildman–Crippen MR) is 102 cm³/mol. The monoisotopic (exact) mass is 423 g/mol. The van der Waals surface area contributed by atoms with Crippen molar-refractivity contribution < 1.29 is 12.8 Å². The van der Waals surface area contributed by atoms with Crippen molar-refractivity contribution in [3.63, 3.8) is 0 Å². The Kier molecular flexibility index (Phi) is 4.94. The van der Waals surface area contributed by atoms with Crippen LogP contribution in [-0.2, 0) is 16.6 Å². The predicted octanol–water partition coefficient (Wildman–Crippen LogP) is 4.40. The van der Waals surface area contributed by atoms with Gasteiger partial charge < -0.3 is 4.42 Å². The molecule has 27 heavy (non-hydrogen) atoms. The first-order valence-corrected chi connectivity index (χ1v) is 10.5. The first-order chi connectivity index (χ1) is 12.9. The van der Waals surface area contributed by atoms with Crippen LogP contribution in [0.3, 0.4) is 0 Å². The van der Waals surface area contributed by atoms with Crippen molar-refractivity contribution in [2.45, 2.75) is 30.3 Å². The maximum atomic E-state index is 13.0. The van der Waals surface area contributed by atoms with Crippen LogP contribution in [0.1, 0.15) is 18.7 Å². The summed E-state index contributed by atoms with van der Waals surface area (Å²) in [6.45, 7) is 0.00702. The lowest BCUT2D eigenvalue weighted by molar-refractivity contribution is 0.351. The van der Waals surface area contributed by atoms with E-state index >= 15 is 0 Å². The van der Waals surface area contributed by atoms with E-state index in [-0.39, 0.29) is 29.3 Å². The number of nitrogens with zero attached hydrogens (tertiary/aromatic N) is 3. The lowest BCUT2D eigenvalue weighted by Crippen LogP contribution is -2.32. The molecule has 0 aliphatic heterocycles. The lowest BCUT2D eigenvalue weighted by atomic mass is 10.2. The molecule has 0 atom stereocenters. The quantitative estimate of drug-likeness (QED) is 0.587. The fraction of sp³-hybridized carbons (Fsp3) is 0.222. The Hall–Kier alpha value is -1.93. The molecule has 1 saturated carbocycles. The van der Waals surface area contributed by atoms with Crippen LogP contribution in [0.5, 0.6) is 0 Å². The van der Waals surface area contributed by atoms with Gasteiger partial charge in [-0.2, -0.15) is 4.31 Å². The number of halogens is 2. The zero-order chi connectivity index (χ0) is 19.0. The van der Waals surface area contributed by atoms with E-state index in [1.54, 1.807) is 30.3 Å². The summed E-state index contributed by atoms with van der Waals surface area (Å²) < 4.78 is 33.1. The normalized spacial score (nSPS) is 14.6. The SMILES string of the molecule is O=S(=O)(c1ccc(Cl)cc1)N(Cc1nnc(-c2ccccc2Cl)o1)C1CC1. The molecule has 1 aliphatic rings. The Balaban J connectivity index is 1.62. The molecule has 6 nitrogen and oxygen atoms in total. The first kappa shape index (κ1) is 18.4. The Morgan fingerprint density at radius 2 is 1.74 bits per heavy atom. The lowest BCUT2D eigenvalue weighted by Gasteiger charge is -2.20. The summed E-state index contributed by atoms with van der Waals surface area (Å²) in [6, 6.07) is 13.1. The molecule has 1 fully saturated rings. The molecule has 0 bridgehead atoms. The van der Waals surface area contributed by atoms with Crippen LogP contribution < -0.4 is 0 Å². The topological polar surface area (TPSA) is 76.3 Å². The fourth-order valence-electron chi connectivity index (χ4n) is 2.71. The van der Waals surface area contributed by atoms with Crippen LogP contribution in [0, 0.1) is 0 Å². The van der Waals surface area contributed by atoms with E-state index in [4.69, 9.17) is 27.6 Å². The highest BCUT2D eigenvalue weighted by molar-refractivity contribution is 7.89. The second-order valence-electron chi connectivity index (χ2n) is 6.22. The van der Waals surface area contributed by atoms with E-state index in [1.807, 2.05) is 6.07 Å². The third kappa shape index (κ3) is 3.87. The fourth-order valence-corrected chi connectivity index (χ4v) is 4.69. The standard InChI is InChI=1S/C18H15Cl2N3O3S/c19-12-5-9-14(10-6-12)27(24,25)23(13-7-8-13)11-17-21-22-18(26-17)15-3-1-2-4-16(15)20/h1-6,9-10,13H,7-8,11H2. The van der Waals surface area contributed by atoms with Gasteiger partial charge in [0.15, 0.2) is 0 Å². The Labute approximate surface area is 166 Å². The van der Waals surface area contributed by atoms with Gasteiger partial charge in [-0.25, -0.2) is 8.42 Å². The van der Waals surface area contributed by atoms with Crippen LogP contribution in [-0.4, -0.2) is 29.0 Å². The molecular formula is C18H15Cl2N3O3S. The molecule has 1 aromatic heterocycles. The number of rotatable bonds is 6. The Morgan fingerprint density at radius 3 is 2.41 bits per heavy atom. The largest absolute Gasteiger partial charge is 0.419 e. The number of hydrogen-bond donors (Lipinski definition) is 0. The van der Waals surface area contributed by atoms with Crippen molar-refractivity contribution in [2.75, 3.05) is 0 Å². The van der Waals surface area contributed by atoms with Crippen molar-refractivity contribution in [1.82, 2.24) is 14.5 Å². The van der Waals surface area contributed by atoms with E-state index in [0.717, 1.165) is 12.8 Å². The molecule has 1 heterocycles. The average Bonchev–Trinajstić information content (AvgIpc) is 3.38. The molecule has 1 aliphatic carbocycles. The molecular weight excluding hydrogens is 409 g/mol.